The molecule has 1 N–H and O–H groups in total. The Labute approximate surface area is 128 Å². The molecule has 2 aliphatic rings. The number of ether oxygens (including phenoxy) is 2. The third kappa shape index (κ3) is 2.85. The van der Waals surface area contributed by atoms with E-state index in [2.05, 4.69) is 5.32 Å². The molecule has 0 bridgehead atoms. The van der Waals surface area contributed by atoms with E-state index in [1.54, 1.807) is 41.2 Å². The summed E-state index contributed by atoms with van der Waals surface area (Å²) in [6.07, 6.45) is 0. The molecule has 2 aliphatic heterocycles. The van der Waals surface area contributed by atoms with Crippen molar-refractivity contribution in [2.24, 2.45) is 0 Å². The highest BCUT2D eigenvalue weighted by Gasteiger charge is 2.36. The topological polar surface area (TPSA) is 71.1 Å². The molecular formula is C15H19N3O4. The standard InChI is InChI=1S/C15H19N3O4/c1-21-12-4-2-11(3-5-12)18-10-13(16-15(18)20)14(19)17-6-8-22-9-7-17/h2-5,13H,6-10H2,1H3,(H,16,20). The minimum absolute atomic E-state index is 0.0485. The zero-order chi connectivity index (χ0) is 15.5. The number of hydrogen-bond acceptors (Lipinski definition) is 4. The Hall–Kier alpha value is -2.28. The van der Waals surface area contributed by atoms with Gasteiger partial charge in [0.05, 0.1) is 26.9 Å². The van der Waals surface area contributed by atoms with Gasteiger partial charge in [-0.1, -0.05) is 0 Å². The number of nitrogens with zero attached hydrogens (tertiary/aromatic N) is 2. The van der Waals surface area contributed by atoms with Crippen LogP contribution in [0.15, 0.2) is 24.3 Å². The van der Waals surface area contributed by atoms with E-state index in [0.29, 0.717) is 32.8 Å². The summed E-state index contributed by atoms with van der Waals surface area (Å²) >= 11 is 0. The van der Waals surface area contributed by atoms with E-state index in [4.69, 9.17) is 9.47 Å². The molecule has 3 rings (SSSR count). The van der Waals surface area contributed by atoms with Gasteiger partial charge in [-0.15, -0.1) is 0 Å². The highest BCUT2D eigenvalue weighted by molar-refractivity contribution is 6.00. The minimum Gasteiger partial charge on any atom is -0.497 e. The van der Waals surface area contributed by atoms with Gasteiger partial charge in [0.2, 0.25) is 5.91 Å². The summed E-state index contributed by atoms with van der Waals surface area (Å²) in [4.78, 5) is 27.9. The van der Waals surface area contributed by atoms with Gasteiger partial charge < -0.3 is 19.7 Å². The number of urea groups is 1. The van der Waals surface area contributed by atoms with Crippen molar-refractivity contribution in [2.45, 2.75) is 6.04 Å². The van der Waals surface area contributed by atoms with Crippen LogP contribution in [0.1, 0.15) is 0 Å². The number of nitrogens with one attached hydrogen (secondary N) is 1. The normalized spacial score (nSPS) is 21.7. The van der Waals surface area contributed by atoms with Crippen LogP contribution in [-0.4, -0.2) is 62.8 Å². The van der Waals surface area contributed by atoms with Crippen molar-refractivity contribution in [3.05, 3.63) is 24.3 Å². The smallest absolute Gasteiger partial charge is 0.322 e. The third-order valence-corrected chi connectivity index (χ3v) is 3.91. The van der Waals surface area contributed by atoms with Gasteiger partial charge >= 0.3 is 6.03 Å². The fourth-order valence-corrected chi connectivity index (χ4v) is 2.67. The van der Waals surface area contributed by atoms with Crippen molar-refractivity contribution in [1.82, 2.24) is 10.2 Å². The zero-order valence-electron chi connectivity index (χ0n) is 12.4. The molecule has 118 valence electrons. The van der Waals surface area contributed by atoms with Gasteiger partial charge in [0.15, 0.2) is 0 Å². The molecule has 1 aromatic carbocycles. The Kier molecular flexibility index (Phi) is 4.15. The van der Waals surface area contributed by atoms with Gasteiger partial charge in [-0.3, -0.25) is 9.69 Å². The predicted molar refractivity (Wildman–Crippen MR) is 80.1 cm³/mol. The van der Waals surface area contributed by atoms with Crippen molar-refractivity contribution in [3.63, 3.8) is 0 Å². The number of benzene rings is 1. The first-order valence-electron chi connectivity index (χ1n) is 7.27. The van der Waals surface area contributed by atoms with E-state index in [0.717, 1.165) is 11.4 Å². The summed E-state index contributed by atoms with van der Waals surface area (Å²) in [5, 5.41) is 2.75. The lowest BCUT2D eigenvalue weighted by Crippen LogP contribution is -2.49. The fourth-order valence-electron chi connectivity index (χ4n) is 2.67. The van der Waals surface area contributed by atoms with Gasteiger partial charge in [-0.05, 0) is 24.3 Å². The van der Waals surface area contributed by atoms with E-state index >= 15 is 0 Å². The number of hydrogen-bond donors (Lipinski definition) is 1. The van der Waals surface area contributed by atoms with Crippen molar-refractivity contribution >= 4 is 17.6 Å². The van der Waals surface area contributed by atoms with Gasteiger partial charge in [0, 0.05) is 18.8 Å². The highest BCUT2D eigenvalue weighted by Crippen LogP contribution is 2.22. The first-order chi connectivity index (χ1) is 10.7. The van der Waals surface area contributed by atoms with Crippen LogP contribution in [-0.2, 0) is 9.53 Å². The number of methoxy groups -OCH3 is 1. The number of carbonyl (C=O) groups is 2. The Balaban J connectivity index is 1.68. The first kappa shape index (κ1) is 14.6. The van der Waals surface area contributed by atoms with Gasteiger partial charge in [0.25, 0.3) is 0 Å². The molecule has 0 spiro atoms. The molecule has 0 radical (unpaired) electrons. The predicted octanol–water partition coefficient (Wildman–Crippen LogP) is 0.452. The molecule has 0 aliphatic carbocycles. The molecular weight excluding hydrogens is 286 g/mol. The van der Waals surface area contributed by atoms with E-state index in [1.807, 2.05) is 0 Å². The molecule has 2 saturated heterocycles. The van der Waals surface area contributed by atoms with Crippen molar-refractivity contribution in [3.8, 4) is 5.75 Å². The molecule has 2 fully saturated rings. The maximum Gasteiger partial charge on any atom is 0.322 e. The lowest BCUT2D eigenvalue weighted by atomic mass is 10.2. The molecule has 1 atom stereocenters. The maximum absolute atomic E-state index is 12.4. The van der Waals surface area contributed by atoms with E-state index < -0.39 is 6.04 Å². The van der Waals surface area contributed by atoms with Gasteiger partial charge in [-0.2, -0.15) is 0 Å². The fraction of sp³-hybridized carbons (Fsp3) is 0.467. The lowest BCUT2D eigenvalue weighted by Gasteiger charge is -2.28. The third-order valence-electron chi connectivity index (χ3n) is 3.91. The zero-order valence-corrected chi connectivity index (χ0v) is 12.4. The molecule has 0 saturated carbocycles. The average Bonchev–Trinajstić information content (AvgIpc) is 2.97. The summed E-state index contributed by atoms with van der Waals surface area (Å²) in [5.41, 5.74) is 0.746. The van der Waals surface area contributed by atoms with Crippen molar-refractivity contribution in [1.29, 1.82) is 0 Å². The quantitative estimate of drug-likeness (QED) is 0.880. The average molecular weight is 305 g/mol. The molecule has 7 nitrogen and oxygen atoms in total. The Bertz CT molecular complexity index is 554. The van der Waals surface area contributed by atoms with Crippen LogP contribution in [0.2, 0.25) is 0 Å². The summed E-state index contributed by atoms with van der Waals surface area (Å²) < 4.78 is 10.3. The van der Waals surface area contributed by atoms with Crippen molar-refractivity contribution in [2.75, 3.05) is 44.9 Å². The minimum atomic E-state index is -0.507. The van der Waals surface area contributed by atoms with Crippen LogP contribution in [0.3, 0.4) is 0 Å². The monoisotopic (exact) mass is 305 g/mol. The number of amides is 3. The summed E-state index contributed by atoms with van der Waals surface area (Å²) in [5.74, 6) is 0.678. The van der Waals surface area contributed by atoms with Crippen LogP contribution in [0, 0.1) is 0 Å². The molecule has 22 heavy (non-hydrogen) atoms. The Morgan fingerprint density at radius 3 is 2.59 bits per heavy atom. The van der Waals surface area contributed by atoms with Crippen LogP contribution in [0.4, 0.5) is 10.5 Å². The summed E-state index contributed by atoms with van der Waals surface area (Å²) in [6, 6.07) is 6.43. The van der Waals surface area contributed by atoms with E-state index in [1.165, 1.54) is 0 Å². The Morgan fingerprint density at radius 2 is 1.95 bits per heavy atom. The molecule has 3 amide bonds. The molecule has 2 heterocycles. The van der Waals surface area contributed by atoms with Gasteiger partial charge in [0.1, 0.15) is 11.8 Å². The number of rotatable bonds is 3. The molecule has 0 aromatic heterocycles. The number of morpholine rings is 1. The second kappa shape index (κ2) is 6.23. The highest BCUT2D eigenvalue weighted by atomic mass is 16.5. The van der Waals surface area contributed by atoms with E-state index in [9.17, 15) is 9.59 Å². The largest absolute Gasteiger partial charge is 0.497 e. The second-order valence-electron chi connectivity index (χ2n) is 5.25. The molecule has 1 unspecified atom stereocenters. The molecule has 1 aromatic rings. The van der Waals surface area contributed by atoms with Crippen molar-refractivity contribution < 1.29 is 19.1 Å². The summed E-state index contributed by atoms with van der Waals surface area (Å²) in [7, 11) is 1.59. The Morgan fingerprint density at radius 1 is 1.27 bits per heavy atom. The first-order valence-corrected chi connectivity index (χ1v) is 7.27. The van der Waals surface area contributed by atoms with Crippen LogP contribution < -0.4 is 15.0 Å². The van der Waals surface area contributed by atoms with Gasteiger partial charge in [-0.25, -0.2) is 4.79 Å². The maximum atomic E-state index is 12.4. The number of carbonyl (C=O) groups excluding carboxylic acids is 2. The lowest BCUT2D eigenvalue weighted by molar-refractivity contribution is -0.136. The summed E-state index contributed by atoms with van der Waals surface area (Å²) in [6.45, 7) is 2.59. The van der Waals surface area contributed by atoms with Crippen LogP contribution >= 0.6 is 0 Å². The van der Waals surface area contributed by atoms with E-state index in [-0.39, 0.29) is 11.9 Å². The molecule has 7 heteroatoms. The van der Waals surface area contributed by atoms with Crippen LogP contribution in [0.5, 0.6) is 5.75 Å². The second-order valence-corrected chi connectivity index (χ2v) is 5.25. The van der Waals surface area contributed by atoms with Crippen LogP contribution in [0.25, 0.3) is 0 Å². The SMILES string of the molecule is COc1ccc(N2CC(C(=O)N3CCOCC3)NC2=O)cc1. The number of anilines is 1.